The van der Waals surface area contributed by atoms with Gasteiger partial charge in [0.25, 0.3) is 0 Å². The van der Waals surface area contributed by atoms with Crippen LogP contribution in [0.2, 0.25) is 0 Å². The molecule has 3 N–H and O–H groups in total. The molecule has 2 aromatic rings. The third-order valence-corrected chi connectivity index (χ3v) is 3.74. The maximum Gasteiger partial charge on any atom is 0.202 e. The smallest absolute Gasteiger partial charge is 0.202 e. The average molecular weight is 246 g/mol. The average Bonchev–Trinajstić information content (AvgIpc) is 2.82. The van der Waals surface area contributed by atoms with Crippen LogP contribution in [0.15, 0.2) is 24.5 Å². The van der Waals surface area contributed by atoms with E-state index in [4.69, 9.17) is 5.73 Å². The standard InChI is InChI=1S/C12H14N4S/c13-9-4-5-10-8(6-9)2-1-3-11(10)16-12-14-7-15-17-12/h4-7,11H,1-3,13H2,(H,14,15,16). The van der Waals surface area contributed by atoms with Crippen molar-refractivity contribution in [3.8, 4) is 0 Å². The van der Waals surface area contributed by atoms with E-state index in [2.05, 4.69) is 26.8 Å². The highest BCUT2D eigenvalue weighted by Gasteiger charge is 2.20. The molecule has 88 valence electrons. The number of nitrogen functional groups attached to an aromatic ring is 1. The number of nitrogens with one attached hydrogen (secondary N) is 1. The molecule has 0 saturated carbocycles. The van der Waals surface area contributed by atoms with E-state index < -0.39 is 0 Å². The molecule has 5 heteroatoms. The largest absolute Gasteiger partial charge is 0.399 e. The normalized spacial score (nSPS) is 18.7. The Kier molecular flexibility index (Phi) is 2.68. The van der Waals surface area contributed by atoms with Gasteiger partial charge in [-0.2, -0.15) is 4.37 Å². The number of benzene rings is 1. The summed E-state index contributed by atoms with van der Waals surface area (Å²) < 4.78 is 4.01. The molecule has 0 amide bonds. The van der Waals surface area contributed by atoms with Gasteiger partial charge in [-0.25, -0.2) is 4.98 Å². The number of fused-ring (bicyclic) bond motifs is 1. The van der Waals surface area contributed by atoms with Crippen molar-refractivity contribution in [2.75, 3.05) is 11.1 Å². The molecule has 17 heavy (non-hydrogen) atoms. The van der Waals surface area contributed by atoms with Gasteiger partial charge in [-0.05, 0) is 42.5 Å². The summed E-state index contributed by atoms with van der Waals surface area (Å²) in [6.45, 7) is 0. The van der Waals surface area contributed by atoms with Crippen LogP contribution in [0.3, 0.4) is 0 Å². The zero-order valence-electron chi connectivity index (χ0n) is 9.39. The van der Waals surface area contributed by atoms with Crippen LogP contribution in [0, 0.1) is 0 Å². The van der Waals surface area contributed by atoms with Crippen LogP contribution in [0.1, 0.15) is 30.0 Å². The number of hydrogen-bond acceptors (Lipinski definition) is 5. The Morgan fingerprint density at radius 2 is 2.35 bits per heavy atom. The molecule has 1 aromatic carbocycles. The summed E-state index contributed by atoms with van der Waals surface area (Å²) in [5, 5.41) is 4.33. The van der Waals surface area contributed by atoms with Crippen LogP contribution in [0.4, 0.5) is 10.8 Å². The zero-order valence-corrected chi connectivity index (χ0v) is 10.2. The van der Waals surface area contributed by atoms with Crippen molar-refractivity contribution in [3.63, 3.8) is 0 Å². The van der Waals surface area contributed by atoms with Gasteiger partial charge in [0.1, 0.15) is 6.33 Å². The predicted molar refractivity (Wildman–Crippen MR) is 70.1 cm³/mol. The number of rotatable bonds is 2. The van der Waals surface area contributed by atoms with Crippen LogP contribution < -0.4 is 11.1 Å². The lowest BCUT2D eigenvalue weighted by Gasteiger charge is -2.26. The van der Waals surface area contributed by atoms with Crippen molar-refractivity contribution >= 4 is 22.4 Å². The maximum absolute atomic E-state index is 5.82. The lowest BCUT2D eigenvalue weighted by atomic mass is 9.87. The highest BCUT2D eigenvalue weighted by atomic mass is 32.1. The van der Waals surface area contributed by atoms with E-state index in [0.717, 1.165) is 23.7 Å². The Labute approximate surface area is 104 Å². The molecule has 0 radical (unpaired) electrons. The Hall–Kier alpha value is -1.62. The minimum absolute atomic E-state index is 0.340. The summed E-state index contributed by atoms with van der Waals surface area (Å²) in [7, 11) is 0. The van der Waals surface area contributed by atoms with Crippen molar-refractivity contribution in [1.29, 1.82) is 0 Å². The highest BCUT2D eigenvalue weighted by molar-refractivity contribution is 7.09. The Morgan fingerprint density at radius 1 is 1.41 bits per heavy atom. The summed E-state index contributed by atoms with van der Waals surface area (Å²) in [5.41, 5.74) is 9.38. The lowest BCUT2D eigenvalue weighted by molar-refractivity contribution is 0.600. The van der Waals surface area contributed by atoms with Crippen LogP contribution in [-0.4, -0.2) is 9.36 Å². The van der Waals surface area contributed by atoms with Gasteiger partial charge in [0.15, 0.2) is 0 Å². The molecule has 1 aliphatic rings. The van der Waals surface area contributed by atoms with Crippen LogP contribution in [0.25, 0.3) is 0 Å². The second-order valence-electron chi connectivity index (χ2n) is 4.29. The van der Waals surface area contributed by atoms with Gasteiger partial charge >= 0.3 is 0 Å². The maximum atomic E-state index is 5.82. The third-order valence-electron chi connectivity index (χ3n) is 3.14. The van der Waals surface area contributed by atoms with Gasteiger partial charge in [0.05, 0.1) is 6.04 Å². The molecule has 0 spiro atoms. The highest BCUT2D eigenvalue weighted by Crippen LogP contribution is 2.33. The van der Waals surface area contributed by atoms with Gasteiger partial charge in [-0.1, -0.05) is 6.07 Å². The summed E-state index contributed by atoms with van der Waals surface area (Å²) in [6, 6.07) is 6.53. The van der Waals surface area contributed by atoms with Gasteiger partial charge in [0, 0.05) is 17.2 Å². The number of aryl methyl sites for hydroxylation is 1. The van der Waals surface area contributed by atoms with Crippen LogP contribution in [0.5, 0.6) is 0 Å². The monoisotopic (exact) mass is 246 g/mol. The van der Waals surface area contributed by atoms with Gasteiger partial charge in [0.2, 0.25) is 5.13 Å². The minimum atomic E-state index is 0.340. The molecule has 1 aromatic heterocycles. The van der Waals surface area contributed by atoms with Gasteiger partial charge < -0.3 is 11.1 Å². The first-order valence-corrected chi connectivity index (χ1v) is 6.52. The Balaban J connectivity index is 1.89. The number of nitrogens with two attached hydrogens (primary N) is 1. The zero-order chi connectivity index (χ0) is 11.7. The topological polar surface area (TPSA) is 63.8 Å². The first-order chi connectivity index (χ1) is 8.33. The molecule has 0 fully saturated rings. The summed E-state index contributed by atoms with van der Waals surface area (Å²) in [5.74, 6) is 0. The van der Waals surface area contributed by atoms with E-state index >= 15 is 0 Å². The summed E-state index contributed by atoms with van der Waals surface area (Å²) in [4.78, 5) is 4.17. The first kappa shape index (κ1) is 10.5. The van der Waals surface area contributed by atoms with Crippen molar-refractivity contribution in [3.05, 3.63) is 35.7 Å². The van der Waals surface area contributed by atoms with E-state index in [9.17, 15) is 0 Å². The van der Waals surface area contributed by atoms with Crippen LogP contribution >= 0.6 is 11.5 Å². The number of aromatic nitrogens is 2. The molecule has 0 bridgehead atoms. The number of hydrogen-bond donors (Lipinski definition) is 2. The molecule has 4 nitrogen and oxygen atoms in total. The summed E-state index contributed by atoms with van der Waals surface area (Å²) >= 11 is 1.40. The number of anilines is 2. The van der Waals surface area contributed by atoms with Crippen molar-refractivity contribution in [2.24, 2.45) is 0 Å². The molecule has 1 atom stereocenters. The molecule has 1 aliphatic carbocycles. The van der Waals surface area contributed by atoms with E-state index in [1.54, 1.807) is 6.33 Å². The van der Waals surface area contributed by atoms with E-state index in [1.165, 1.54) is 29.1 Å². The first-order valence-electron chi connectivity index (χ1n) is 5.74. The van der Waals surface area contributed by atoms with E-state index in [0.29, 0.717) is 6.04 Å². The van der Waals surface area contributed by atoms with Crippen LogP contribution in [-0.2, 0) is 6.42 Å². The quantitative estimate of drug-likeness (QED) is 0.799. The lowest BCUT2D eigenvalue weighted by Crippen LogP contribution is -2.17. The molecular weight excluding hydrogens is 232 g/mol. The molecule has 1 heterocycles. The fourth-order valence-corrected chi connectivity index (χ4v) is 2.85. The molecular formula is C12H14N4S. The Morgan fingerprint density at radius 3 is 3.18 bits per heavy atom. The molecule has 3 rings (SSSR count). The minimum Gasteiger partial charge on any atom is -0.399 e. The second-order valence-corrected chi connectivity index (χ2v) is 5.07. The summed E-state index contributed by atoms with van der Waals surface area (Å²) in [6.07, 6.45) is 5.03. The second kappa shape index (κ2) is 4.33. The van der Waals surface area contributed by atoms with Crippen molar-refractivity contribution in [2.45, 2.75) is 25.3 Å². The molecule has 1 unspecified atom stereocenters. The SMILES string of the molecule is Nc1ccc2c(c1)CCCC2Nc1ncns1. The Bertz CT molecular complexity index is 509. The fourth-order valence-electron chi connectivity index (χ4n) is 2.37. The van der Waals surface area contributed by atoms with E-state index in [1.807, 2.05) is 6.07 Å². The predicted octanol–water partition coefficient (Wildman–Crippen LogP) is 2.61. The molecule has 0 aliphatic heterocycles. The molecule has 0 saturated heterocycles. The van der Waals surface area contributed by atoms with Crippen molar-refractivity contribution in [1.82, 2.24) is 9.36 Å². The fraction of sp³-hybridized carbons (Fsp3) is 0.333. The van der Waals surface area contributed by atoms with E-state index in [-0.39, 0.29) is 0 Å². The van der Waals surface area contributed by atoms with Crippen molar-refractivity contribution < 1.29 is 0 Å². The van der Waals surface area contributed by atoms with Gasteiger partial charge in [-0.3, -0.25) is 0 Å². The van der Waals surface area contributed by atoms with Gasteiger partial charge in [-0.15, -0.1) is 0 Å². The third kappa shape index (κ3) is 2.10. The number of nitrogens with zero attached hydrogens (tertiary/aromatic N) is 2.